The smallest absolute Gasteiger partial charge is 0.243 e. The lowest BCUT2D eigenvalue weighted by Crippen LogP contribution is -2.56. The number of hydrogen-bond donors (Lipinski definition) is 5. The molecule has 0 bridgehead atoms. The van der Waals surface area contributed by atoms with Crippen molar-refractivity contribution in [3.05, 3.63) is 72.8 Å². The van der Waals surface area contributed by atoms with Crippen LogP contribution in [0.5, 0.6) is 5.75 Å². The van der Waals surface area contributed by atoms with Crippen molar-refractivity contribution in [2.75, 3.05) is 38.0 Å². The molecule has 4 aromatic rings. The van der Waals surface area contributed by atoms with E-state index in [2.05, 4.69) is 30.9 Å². The monoisotopic (exact) mass is 606 g/mol. The van der Waals surface area contributed by atoms with E-state index in [-0.39, 0.29) is 11.5 Å². The van der Waals surface area contributed by atoms with E-state index in [9.17, 15) is 15.0 Å². The van der Waals surface area contributed by atoms with Gasteiger partial charge >= 0.3 is 0 Å². The fourth-order valence-corrected chi connectivity index (χ4v) is 5.24. The number of aromatic nitrogens is 4. The number of anilines is 2. The number of amides is 1. The van der Waals surface area contributed by atoms with Gasteiger partial charge in [-0.15, -0.1) is 0 Å². The molecule has 1 fully saturated rings. The van der Waals surface area contributed by atoms with Crippen LogP contribution in [0.15, 0.2) is 67.3 Å². The maximum absolute atomic E-state index is 13.8. The van der Waals surface area contributed by atoms with Gasteiger partial charge in [0.25, 0.3) is 0 Å². The molecule has 1 saturated heterocycles. The molecule has 226 valence electrons. The first kappa shape index (κ1) is 30.1. The van der Waals surface area contributed by atoms with Gasteiger partial charge in [0.05, 0.1) is 26.1 Å². The van der Waals surface area contributed by atoms with E-state index in [4.69, 9.17) is 21.7 Å². The van der Waals surface area contributed by atoms with Crippen LogP contribution in [0.3, 0.4) is 0 Å². The highest BCUT2D eigenvalue weighted by Gasteiger charge is 2.46. The number of hydrogen-bond acceptors (Lipinski definition) is 10. The number of imidazole rings is 1. The number of aliphatic hydroxyl groups excluding tert-OH is 2. The van der Waals surface area contributed by atoms with Crippen molar-refractivity contribution in [1.29, 1.82) is 0 Å². The van der Waals surface area contributed by atoms with Gasteiger partial charge in [-0.25, -0.2) is 15.0 Å². The summed E-state index contributed by atoms with van der Waals surface area (Å²) >= 11 is 5.52. The van der Waals surface area contributed by atoms with Crippen LogP contribution in [0.2, 0.25) is 0 Å². The number of rotatable bonds is 10. The van der Waals surface area contributed by atoms with Gasteiger partial charge in [-0.05, 0) is 42.0 Å². The van der Waals surface area contributed by atoms with Gasteiger partial charge < -0.3 is 40.5 Å². The van der Waals surface area contributed by atoms with Gasteiger partial charge in [0, 0.05) is 26.2 Å². The van der Waals surface area contributed by atoms with Crippen molar-refractivity contribution >= 4 is 45.9 Å². The third kappa shape index (κ3) is 6.67. The zero-order chi connectivity index (χ0) is 30.5. The average molecular weight is 607 g/mol. The Morgan fingerprint density at radius 3 is 2.56 bits per heavy atom. The quantitative estimate of drug-likeness (QED) is 0.165. The van der Waals surface area contributed by atoms with Crippen molar-refractivity contribution in [3.63, 3.8) is 0 Å². The van der Waals surface area contributed by atoms with Crippen molar-refractivity contribution < 1.29 is 24.5 Å². The highest BCUT2D eigenvalue weighted by molar-refractivity contribution is 7.80. The first-order valence-electron chi connectivity index (χ1n) is 13.6. The van der Waals surface area contributed by atoms with E-state index in [1.54, 1.807) is 16.6 Å². The summed E-state index contributed by atoms with van der Waals surface area (Å²) in [4.78, 5) is 28.6. The van der Waals surface area contributed by atoms with Gasteiger partial charge in [0.2, 0.25) is 5.91 Å². The molecule has 5 atom stereocenters. The number of nitrogens with one attached hydrogen (secondary N) is 3. The predicted molar refractivity (Wildman–Crippen MR) is 165 cm³/mol. The summed E-state index contributed by atoms with van der Waals surface area (Å²) in [6, 6.07) is 14.9. The van der Waals surface area contributed by atoms with Crippen LogP contribution in [-0.2, 0) is 16.0 Å². The molecule has 0 saturated carbocycles. The minimum absolute atomic E-state index is 0.251. The zero-order valence-corrected chi connectivity index (χ0v) is 24.7. The lowest BCUT2D eigenvalue weighted by molar-refractivity contribution is -0.124. The number of para-hydroxylation sites is 1. The van der Waals surface area contributed by atoms with E-state index in [0.717, 1.165) is 11.3 Å². The zero-order valence-electron chi connectivity index (χ0n) is 23.9. The second kappa shape index (κ2) is 13.3. The molecular formula is C29H34N8O5S. The van der Waals surface area contributed by atoms with E-state index in [1.165, 1.54) is 12.7 Å². The summed E-state index contributed by atoms with van der Waals surface area (Å²) in [5.41, 5.74) is 2.60. The molecule has 13 nitrogen and oxygen atoms in total. The van der Waals surface area contributed by atoms with Crippen molar-refractivity contribution in [3.8, 4) is 5.75 Å². The molecule has 5 N–H and O–H groups in total. The molecule has 3 heterocycles. The Balaban J connectivity index is 1.36. The Hall–Kier alpha value is -4.37. The summed E-state index contributed by atoms with van der Waals surface area (Å²) in [6.45, 7) is -0.437. The minimum atomic E-state index is -1.23. The number of thiocarbonyl (C=S) groups is 1. The Bertz CT molecular complexity index is 1550. The molecule has 0 spiro atoms. The van der Waals surface area contributed by atoms with Gasteiger partial charge in [-0.1, -0.05) is 30.3 Å². The van der Waals surface area contributed by atoms with Crippen LogP contribution in [0.1, 0.15) is 11.8 Å². The normalized spacial score (nSPS) is 20.4. The first-order chi connectivity index (χ1) is 20.8. The van der Waals surface area contributed by atoms with Crippen LogP contribution in [0, 0.1) is 0 Å². The maximum atomic E-state index is 13.8. The number of carbonyl (C=O) groups excluding carboxylic acids is 1. The summed E-state index contributed by atoms with van der Waals surface area (Å²) in [6.07, 6.45) is 0.0910. The molecule has 1 unspecified atom stereocenters. The van der Waals surface area contributed by atoms with Gasteiger partial charge in [-0.2, -0.15) is 0 Å². The van der Waals surface area contributed by atoms with Gasteiger partial charge in [0.1, 0.15) is 30.3 Å². The van der Waals surface area contributed by atoms with Crippen LogP contribution in [0.25, 0.3) is 11.2 Å². The van der Waals surface area contributed by atoms with E-state index < -0.39 is 43.0 Å². The molecule has 1 amide bonds. The van der Waals surface area contributed by atoms with E-state index in [0.29, 0.717) is 22.7 Å². The lowest BCUT2D eigenvalue weighted by Gasteiger charge is -2.26. The molecule has 43 heavy (non-hydrogen) atoms. The largest absolute Gasteiger partial charge is 0.497 e. The van der Waals surface area contributed by atoms with E-state index >= 15 is 0 Å². The summed E-state index contributed by atoms with van der Waals surface area (Å²) in [5, 5.41) is 30.9. The minimum Gasteiger partial charge on any atom is -0.497 e. The number of aliphatic hydroxyl groups is 2. The number of carbonyl (C=O) groups is 1. The highest BCUT2D eigenvalue weighted by Crippen LogP contribution is 2.32. The second-order valence-corrected chi connectivity index (χ2v) is 10.7. The molecular weight excluding hydrogens is 572 g/mol. The van der Waals surface area contributed by atoms with Crippen molar-refractivity contribution in [2.45, 2.75) is 36.9 Å². The Kier molecular flexibility index (Phi) is 9.31. The molecule has 0 aliphatic carbocycles. The average Bonchev–Trinajstić information content (AvgIpc) is 3.57. The molecule has 1 aliphatic heterocycles. The van der Waals surface area contributed by atoms with Crippen LogP contribution in [0.4, 0.5) is 11.5 Å². The van der Waals surface area contributed by atoms with Crippen LogP contribution < -0.4 is 25.6 Å². The molecule has 5 rings (SSSR count). The van der Waals surface area contributed by atoms with Crippen molar-refractivity contribution in [1.82, 2.24) is 30.2 Å². The number of benzene rings is 2. The van der Waals surface area contributed by atoms with Crippen molar-refractivity contribution in [2.24, 2.45) is 0 Å². The number of ether oxygens (including phenoxy) is 2. The van der Waals surface area contributed by atoms with Crippen LogP contribution >= 0.6 is 12.2 Å². The first-order valence-corrected chi connectivity index (χ1v) is 14.0. The Morgan fingerprint density at radius 2 is 1.88 bits per heavy atom. The third-order valence-electron chi connectivity index (χ3n) is 7.15. The molecule has 1 aliphatic rings. The molecule has 14 heteroatoms. The number of nitrogens with zero attached hydrogens (tertiary/aromatic N) is 5. The summed E-state index contributed by atoms with van der Waals surface area (Å²) in [7, 11) is 5.26. The molecule has 0 radical (unpaired) electrons. The standard InChI is InChI=1S/C29H34N8O5S/c1-36(2)25-23-26(31-15-30-25)37(16-32-23)28-24(39)22(21(14-38)42-28)35-27(40)20(13-17-9-11-19(41-3)12-10-17)34-29(43)33-18-7-5-4-6-8-18/h4-12,15-16,20-22,24,28,38-39H,13-14H2,1-3H3,(H,35,40)(H2,33,34,43)/t20?,21-,22-,24-,28-/m1/s1. The molecule has 2 aromatic heterocycles. The maximum Gasteiger partial charge on any atom is 0.243 e. The Morgan fingerprint density at radius 1 is 1.14 bits per heavy atom. The van der Waals surface area contributed by atoms with E-state index in [1.807, 2.05) is 68.7 Å². The van der Waals surface area contributed by atoms with Crippen LogP contribution in [-0.4, -0.2) is 92.9 Å². The summed E-state index contributed by atoms with van der Waals surface area (Å²) in [5.74, 6) is 0.858. The number of fused-ring (bicyclic) bond motifs is 1. The third-order valence-corrected chi connectivity index (χ3v) is 7.37. The Labute approximate surface area is 253 Å². The lowest BCUT2D eigenvalue weighted by atomic mass is 10.0. The highest BCUT2D eigenvalue weighted by atomic mass is 32.1. The fraction of sp³-hybridized carbons (Fsp3) is 0.345. The van der Waals surface area contributed by atoms with Gasteiger partial charge in [0.15, 0.2) is 28.3 Å². The van der Waals surface area contributed by atoms with Gasteiger partial charge in [-0.3, -0.25) is 9.36 Å². The molecule has 2 aromatic carbocycles. The topological polar surface area (TPSA) is 159 Å². The summed E-state index contributed by atoms with van der Waals surface area (Å²) < 4.78 is 12.9. The SMILES string of the molecule is COc1ccc(CC(NC(=S)Nc2ccccc2)C(=O)N[C@H]2[C@@H](O)[C@H](n3cnc4c(N(C)C)ncnc43)O[C@@H]2CO)cc1. The number of methoxy groups -OCH3 is 1. The fourth-order valence-electron chi connectivity index (χ4n) is 4.98. The second-order valence-electron chi connectivity index (χ2n) is 10.3. The predicted octanol–water partition coefficient (Wildman–Crippen LogP) is 1.23.